The summed E-state index contributed by atoms with van der Waals surface area (Å²) in [6.07, 6.45) is 0. The number of hydrogen-bond donors (Lipinski definition) is 1. The molecule has 5 nitrogen and oxygen atoms in total. The second-order valence-electron chi connectivity index (χ2n) is 6.90. The van der Waals surface area contributed by atoms with Crippen LogP contribution in [0.3, 0.4) is 0 Å². The van der Waals surface area contributed by atoms with Crippen LogP contribution in [0.5, 0.6) is 5.75 Å². The molecule has 0 atom stereocenters. The molecule has 1 heterocycles. The lowest BCUT2D eigenvalue weighted by molar-refractivity contribution is -0.120. The first-order valence-electron chi connectivity index (χ1n) is 9.34. The van der Waals surface area contributed by atoms with Gasteiger partial charge in [-0.25, -0.2) is 4.90 Å². The zero-order chi connectivity index (χ0) is 21.3. The molecular formula is C24H19BrN2O3. The Morgan fingerprint density at radius 2 is 1.60 bits per heavy atom. The van der Waals surface area contributed by atoms with Crippen LogP contribution < -0.4 is 15.0 Å². The quantitative estimate of drug-likeness (QED) is 0.531. The van der Waals surface area contributed by atoms with Gasteiger partial charge in [0.2, 0.25) is 0 Å². The van der Waals surface area contributed by atoms with Gasteiger partial charge in [0.15, 0.2) is 0 Å². The highest BCUT2D eigenvalue weighted by molar-refractivity contribution is 9.10. The summed E-state index contributed by atoms with van der Waals surface area (Å²) in [5, 5.41) is 3.16. The predicted molar refractivity (Wildman–Crippen MR) is 121 cm³/mol. The van der Waals surface area contributed by atoms with E-state index < -0.39 is 5.91 Å². The van der Waals surface area contributed by atoms with Crippen LogP contribution in [0.2, 0.25) is 0 Å². The highest BCUT2D eigenvalue weighted by Gasteiger charge is 2.40. The first kappa shape index (κ1) is 19.9. The zero-order valence-electron chi connectivity index (χ0n) is 16.5. The van der Waals surface area contributed by atoms with Gasteiger partial charge in [0.1, 0.15) is 11.4 Å². The van der Waals surface area contributed by atoms with Gasteiger partial charge in [0.25, 0.3) is 11.8 Å². The number of halogens is 1. The van der Waals surface area contributed by atoms with E-state index in [2.05, 4.69) is 21.2 Å². The van der Waals surface area contributed by atoms with E-state index in [1.165, 1.54) is 4.90 Å². The van der Waals surface area contributed by atoms with Crippen LogP contribution in [0.15, 0.2) is 83.0 Å². The first-order valence-corrected chi connectivity index (χ1v) is 10.1. The van der Waals surface area contributed by atoms with Gasteiger partial charge >= 0.3 is 0 Å². The average Bonchev–Trinajstić information content (AvgIpc) is 2.98. The van der Waals surface area contributed by atoms with Crippen molar-refractivity contribution < 1.29 is 14.3 Å². The number of aryl methyl sites for hydroxylation is 1. The minimum atomic E-state index is -0.402. The molecule has 0 fully saturated rings. The van der Waals surface area contributed by atoms with E-state index in [9.17, 15) is 9.59 Å². The Bertz CT molecular complexity index is 1150. The molecule has 0 saturated carbocycles. The summed E-state index contributed by atoms with van der Waals surface area (Å²) in [5.41, 5.74) is 3.55. The van der Waals surface area contributed by atoms with Crippen molar-refractivity contribution in [2.45, 2.75) is 6.92 Å². The van der Waals surface area contributed by atoms with Crippen molar-refractivity contribution in [3.63, 3.8) is 0 Å². The molecule has 1 aliphatic rings. The number of amides is 2. The number of carbonyl (C=O) groups is 2. The SMILES string of the molecule is COc1ccc(N2C(=O)C(Nc3cccc(Br)c3)=C(c3ccc(C)cc3)C2=O)cc1. The Labute approximate surface area is 183 Å². The molecule has 6 heteroatoms. The summed E-state index contributed by atoms with van der Waals surface area (Å²) in [6.45, 7) is 1.98. The standard InChI is InChI=1S/C24H19BrN2O3/c1-15-6-8-16(9-7-15)21-22(26-18-5-3-4-17(25)14-18)24(29)27(23(21)28)19-10-12-20(30-2)13-11-19/h3-14,26H,1-2H3. The molecule has 3 aromatic rings. The van der Waals surface area contributed by atoms with Gasteiger partial charge in [-0.1, -0.05) is 51.8 Å². The summed E-state index contributed by atoms with van der Waals surface area (Å²) in [4.78, 5) is 27.9. The van der Waals surface area contributed by atoms with E-state index in [0.717, 1.165) is 10.0 Å². The maximum atomic E-state index is 13.4. The third kappa shape index (κ3) is 3.74. The molecular weight excluding hydrogens is 444 g/mol. The number of nitrogens with one attached hydrogen (secondary N) is 1. The lowest BCUT2D eigenvalue weighted by atomic mass is 10.0. The second-order valence-corrected chi connectivity index (χ2v) is 7.81. The van der Waals surface area contributed by atoms with Gasteiger partial charge in [-0.3, -0.25) is 9.59 Å². The van der Waals surface area contributed by atoms with Crippen molar-refractivity contribution in [1.29, 1.82) is 0 Å². The van der Waals surface area contributed by atoms with E-state index in [0.29, 0.717) is 28.3 Å². The Kier molecular flexibility index (Phi) is 5.42. The summed E-state index contributed by atoms with van der Waals surface area (Å²) in [7, 11) is 1.57. The summed E-state index contributed by atoms with van der Waals surface area (Å²) in [6, 6.07) is 21.9. The van der Waals surface area contributed by atoms with Gasteiger partial charge in [-0.15, -0.1) is 0 Å². The van der Waals surface area contributed by atoms with Crippen molar-refractivity contribution in [2.75, 3.05) is 17.3 Å². The fraction of sp³-hybridized carbons (Fsp3) is 0.0833. The van der Waals surface area contributed by atoms with Gasteiger partial charge in [0.05, 0.1) is 18.4 Å². The van der Waals surface area contributed by atoms with Crippen molar-refractivity contribution in [2.24, 2.45) is 0 Å². The number of benzene rings is 3. The Balaban J connectivity index is 1.80. The maximum absolute atomic E-state index is 13.4. The topological polar surface area (TPSA) is 58.6 Å². The van der Waals surface area contributed by atoms with Gasteiger partial charge in [-0.05, 0) is 55.0 Å². The molecule has 30 heavy (non-hydrogen) atoms. The molecule has 0 aromatic heterocycles. The number of hydrogen-bond acceptors (Lipinski definition) is 4. The molecule has 0 spiro atoms. The van der Waals surface area contributed by atoms with Crippen LogP contribution in [0, 0.1) is 6.92 Å². The first-order chi connectivity index (χ1) is 14.5. The fourth-order valence-corrected chi connectivity index (χ4v) is 3.71. The lowest BCUT2D eigenvalue weighted by Crippen LogP contribution is -2.32. The molecule has 1 N–H and O–H groups in total. The molecule has 2 amide bonds. The molecule has 0 bridgehead atoms. The molecule has 1 aliphatic heterocycles. The Morgan fingerprint density at radius 3 is 2.23 bits per heavy atom. The number of nitrogens with zero attached hydrogens (tertiary/aromatic N) is 1. The van der Waals surface area contributed by atoms with E-state index in [-0.39, 0.29) is 11.6 Å². The highest BCUT2D eigenvalue weighted by Crippen LogP contribution is 2.34. The van der Waals surface area contributed by atoms with Crippen LogP contribution in [0.1, 0.15) is 11.1 Å². The van der Waals surface area contributed by atoms with Crippen molar-refractivity contribution in [3.8, 4) is 5.75 Å². The summed E-state index contributed by atoms with van der Waals surface area (Å²) in [5.74, 6) is -0.121. The number of imide groups is 1. The van der Waals surface area contributed by atoms with E-state index >= 15 is 0 Å². The highest BCUT2D eigenvalue weighted by atomic mass is 79.9. The Morgan fingerprint density at radius 1 is 0.900 bits per heavy atom. The predicted octanol–water partition coefficient (Wildman–Crippen LogP) is 5.16. The van der Waals surface area contributed by atoms with Crippen LogP contribution in [-0.4, -0.2) is 18.9 Å². The van der Waals surface area contributed by atoms with Crippen molar-refractivity contribution in [1.82, 2.24) is 0 Å². The third-order valence-corrected chi connectivity index (χ3v) is 5.34. The fourth-order valence-electron chi connectivity index (χ4n) is 3.31. The van der Waals surface area contributed by atoms with Gasteiger partial charge in [0, 0.05) is 10.2 Å². The van der Waals surface area contributed by atoms with Crippen LogP contribution >= 0.6 is 15.9 Å². The lowest BCUT2D eigenvalue weighted by Gasteiger charge is -2.16. The number of carbonyl (C=O) groups excluding carboxylic acids is 2. The monoisotopic (exact) mass is 462 g/mol. The normalized spacial score (nSPS) is 13.8. The molecule has 4 rings (SSSR count). The smallest absolute Gasteiger partial charge is 0.282 e. The third-order valence-electron chi connectivity index (χ3n) is 4.85. The summed E-state index contributed by atoms with van der Waals surface area (Å²) >= 11 is 3.44. The molecule has 3 aromatic carbocycles. The molecule has 150 valence electrons. The number of anilines is 2. The summed E-state index contributed by atoms with van der Waals surface area (Å²) < 4.78 is 6.05. The minimum absolute atomic E-state index is 0.248. The molecule has 0 radical (unpaired) electrons. The van der Waals surface area contributed by atoms with Gasteiger partial charge < -0.3 is 10.1 Å². The van der Waals surface area contributed by atoms with E-state index in [1.54, 1.807) is 31.4 Å². The number of methoxy groups -OCH3 is 1. The van der Waals surface area contributed by atoms with E-state index in [1.807, 2.05) is 55.5 Å². The maximum Gasteiger partial charge on any atom is 0.282 e. The zero-order valence-corrected chi connectivity index (χ0v) is 18.1. The molecule has 0 saturated heterocycles. The van der Waals surface area contributed by atoms with Gasteiger partial charge in [-0.2, -0.15) is 0 Å². The number of ether oxygens (including phenoxy) is 1. The molecule has 0 unspecified atom stereocenters. The Hall–Kier alpha value is -3.38. The molecule has 0 aliphatic carbocycles. The minimum Gasteiger partial charge on any atom is -0.497 e. The van der Waals surface area contributed by atoms with Crippen LogP contribution in [-0.2, 0) is 9.59 Å². The largest absolute Gasteiger partial charge is 0.497 e. The number of rotatable bonds is 5. The van der Waals surface area contributed by atoms with Crippen LogP contribution in [0.25, 0.3) is 5.57 Å². The average molecular weight is 463 g/mol. The van der Waals surface area contributed by atoms with E-state index in [4.69, 9.17) is 4.74 Å². The van der Waals surface area contributed by atoms with Crippen LogP contribution in [0.4, 0.5) is 11.4 Å². The second kappa shape index (κ2) is 8.16. The van der Waals surface area contributed by atoms with Crippen molar-refractivity contribution in [3.05, 3.63) is 94.1 Å². The van der Waals surface area contributed by atoms with Crippen molar-refractivity contribution >= 4 is 44.7 Å².